The van der Waals surface area contributed by atoms with Crippen molar-refractivity contribution in [2.75, 3.05) is 25.0 Å². The van der Waals surface area contributed by atoms with Crippen molar-refractivity contribution in [2.24, 2.45) is 0 Å². The number of anilines is 1. The van der Waals surface area contributed by atoms with Gasteiger partial charge in [-0.05, 0) is 37.7 Å². The Hall–Kier alpha value is -2.55. The van der Waals surface area contributed by atoms with Crippen LogP contribution in [0.3, 0.4) is 0 Å². The van der Waals surface area contributed by atoms with E-state index in [0.29, 0.717) is 12.5 Å². The molecular formula is C24H34N6O2. The third-order valence-electron chi connectivity index (χ3n) is 6.12. The molecule has 172 valence electrons. The summed E-state index contributed by atoms with van der Waals surface area (Å²) < 4.78 is 2.06. The van der Waals surface area contributed by atoms with Crippen molar-refractivity contribution >= 4 is 17.0 Å². The molecule has 0 unspecified atom stereocenters. The number of nitrogens with zero attached hydrogens (tertiary/aromatic N) is 4. The van der Waals surface area contributed by atoms with Gasteiger partial charge in [0.2, 0.25) is 5.95 Å². The lowest BCUT2D eigenvalue weighted by atomic mass is 9.93. The van der Waals surface area contributed by atoms with Crippen LogP contribution in [0.15, 0.2) is 30.5 Å². The first kappa shape index (κ1) is 22.6. The molecule has 0 bridgehead atoms. The van der Waals surface area contributed by atoms with Gasteiger partial charge in [0.15, 0.2) is 5.65 Å². The molecule has 2 heterocycles. The number of rotatable bonds is 10. The van der Waals surface area contributed by atoms with E-state index in [0.717, 1.165) is 79.5 Å². The van der Waals surface area contributed by atoms with E-state index in [1.807, 2.05) is 6.20 Å². The number of unbranched alkanes of at least 4 members (excludes halogenated alkanes) is 1. The Balaban J connectivity index is 1.65. The van der Waals surface area contributed by atoms with Gasteiger partial charge in [-0.2, -0.15) is 10.1 Å². The summed E-state index contributed by atoms with van der Waals surface area (Å²) in [5, 5.41) is 31.4. The fourth-order valence-electron chi connectivity index (χ4n) is 4.25. The van der Waals surface area contributed by atoms with Crippen LogP contribution in [-0.2, 0) is 6.54 Å². The quantitative estimate of drug-likeness (QED) is 0.360. The fourth-order valence-corrected chi connectivity index (χ4v) is 4.25. The van der Waals surface area contributed by atoms with Crippen molar-refractivity contribution in [1.82, 2.24) is 25.1 Å². The Labute approximate surface area is 189 Å². The summed E-state index contributed by atoms with van der Waals surface area (Å²) in [6.07, 6.45) is 7.25. The minimum absolute atomic E-state index is 0.134. The first-order valence-corrected chi connectivity index (χ1v) is 11.8. The molecule has 32 heavy (non-hydrogen) atoms. The minimum atomic E-state index is -0.208. The molecule has 4 rings (SSSR count). The van der Waals surface area contributed by atoms with Crippen LogP contribution in [0, 0.1) is 0 Å². The number of nitrogens with one attached hydrogen (secondary N) is 2. The highest BCUT2D eigenvalue weighted by Gasteiger charge is 2.25. The number of hydrogen-bond donors (Lipinski definition) is 4. The third kappa shape index (κ3) is 5.26. The van der Waals surface area contributed by atoms with E-state index in [2.05, 4.69) is 51.5 Å². The van der Waals surface area contributed by atoms with Crippen LogP contribution < -0.4 is 10.6 Å². The van der Waals surface area contributed by atoms with E-state index in [1.165, 1.54) is 0 Å². The highest BCUT2D eigenvalue weighted by molar-refractivity contribution is 5.91. The Morgan fingerprint density at radius 2 is 1.88 bits per heavy atom. The van der Waals surface area contributed by atoms with E-state index in [4.69, 9.17) is 15.2 Å². The highest BCUT2D eigenvalue weighted by atomic mass is 16.3. The van der Waals surface area contributed by atoms with Crippen molar-refractivity contribution < 1.29 is 10.2 Å². The second-order valence-electron chi connectivity index (χ2n) is 8.56. The molecule has 2 aromatic heterocycles. The molecule has 0 amide bonds. The normalized spacial score (nSPS) is 18.8. The second-order valence-corrected chi connectivity index (χ2v) is 8.56. The first-order chi connectivity index (χ1) is 15.7. The molecule has 1 aromatic carbocycles. The molecule has 8 nitrogen and oxygen atoms in total. The zero-order chi connectivity index (χ0) is 22.3. The van der Waals surface area contributed by atoms with Crippen LogP contribution in [0.25, 0.3) is 22.3 Å². The predicted molar refractivity (Wildman–Crippen MR) is 126 cm³/mol. The third-order valence-corrected chi connectivity index (χ3v) is 6.12. The Morgan fingerprint density at radius 3 is 2.59 bits per heavy atom. The maximum Gasteiger partial charge on any atom is 0.224 e. The number of aromatic nitrogens is 4. The number of fused-ring (bicyclic) bond motifs is 1. The smallest absolute Gasteiger partial charge is 0.224 e. The lowest BCUT2D eigenvalue weighted by molar-refractivity contribution is 0.109. The van der Waals surface area contributed by atoms with Crippen LogP contribution in [0.4, 0.5) is 5.95 Å². The number of aliphatic hydroxyl groups is 2. The summed E-state index contributed by atoms with van der Waals surface area (Å²) in [4.78, 5) is 9.39. The van der Waals surface area contributed by atoms with Crippen LogP contribution in [0.1, 0.15) is 57.1 Å². The van der Waals surface area contributed by atoms with Gasteiger partial charge in [-0.1, -0.05) is 37.6 Å². The maximum absolute atomic E-state index is 9.95. The molecular weight excluding hydrogens is 404 g/mol. The average Bonchev–Trinajstić information content (AvgIpc) is 3.19. The number of hydrogen-bond acceptors (Lipinski definition) is 7. The molecule has 1 aliphatic rings. The summed E-state index contributed by atoms with van der Waals surface area (Å²) in [7, 11) is 0. The topological polar surface area (TPSA) is 108 Å². The van der Waals surface area contributed by atoms with Crippen LogP contribution in [-0.4, -0.2) is 55.8 Å². The molecule has 1 fully saturated rings. The highest BCUT2D eigenvalue weighted by Crippen LogP contribution is 2.34. The lowest BCUT2D eigenvalue weighted by Gasteiger charge is -2.25. The van der Waals surface area contributed by atoms with Gasteiger partial charge in [-0.25, -0.2) is 9.67 Å². The molecule has 1 saturated carbocycles. The molecule has 8 heteroatoms. The Bertz CT molecular complexity index is 996. The maximum atomic E-state index is 9.95. The molecule has 3 aromatic rings. The second kappa shape index (κ2) is 10.8. The van der Waals surface area contributed by atoms with E-state index in [9.17, 15) is 5.11 Å². The largest absolute Gasteiger partial charge is 0.395 e. The summed E-state index contributed by atoms with van der Waals surface area (Å²) in [6.45, 7) is 4.45. The van der Waals surface area contributed by atoms with Gasteiger partial charge in [0, 0.05) is 31.4 Å². The van der Waals surface area contributed by atoms with Crippen molar-refractivity contribution in [3.63, 3.8) is 0 Å². The molecule has 0 spiro atoms. The molecule has 4 N–H and O–H groups in total. The number of benzene rings is 1. The van der Waals surface area contributed by atoms with Crippen LogP contribution in [0.5, 0.6) is 0 Å². The van der Waals surface area contributed by atoms with Gasteiger partial charge >= 0.3 is 0 Å². The van der Waals surface area contributed by atoms with E-state index >= 15 is 0 Å². The molecule has 0 radical (unpaired) electrons. The zero-order valence-electron chi connectivity index (χ0n) is 18.8. The molecule has 0 atom stereocenters. The summed E-state index contributed by atoms with van der Waals surface area (Å²) >= 11 is 0. The van der Waals surface area contributed by atoms with Crippen molar-refractivity contribution in [1.29, 1.82) is 0 Å². The van der Waals surface area contributed by atoms with Gasteiger partial charge in [0.1, 0.15) is 5.69 Å². The summed E-state index contributed by atoms with van der Waals surface area (Å²) in [5.74, 6) is 0.639. The van der Waals surface area contributed by atoms with Gasteiger partial charge < -0.3 is 20.8 Å². The monoisotopic (exact) mass is 438 g/mol. The van der Waals surface area contributed by atoms with E-state index in [-0.39, 0.29) is 18.8 Å². The molecule has 0 aliphatic heterocycles. The Morgan fingerprint density at radius 1 is 1.09 bits per heavy atom. The summed E-state index contributed by atoms with van der Waals surface area (Å²) in [6, 6.07) is 8.57. The Kier molecular flexibility index (Phi) is 7.68. The van der Waals surface area contributed by atoms with Crippen LogP contribution >= 0.6 is 0 Å². The molecule has 1 aliphatic carbocycles. The van der Waals surface area contributed by atoms with Gasteiger partial charge in [0.05, 0.1) is 24.1 Å². The first-order valence-electron chi connectivity index (χ1n) is 11.8. The van der Waals surface area contributed by atoms with Gasteiger partial charge in [0.25, 0.3) is 0 Å². The lowest BCUT2D eigenvalue weighted by Crippen LogP contribution is -2.22. The standard InChI is InChI=1S/C24H34N6O2/c1-2-3-12-26-24-27-16-21-22(18-6-4-17(5-7-18)15-25-13-14-31)29-30(23(21)28-24)19-8-10-20(32)11-9-19/h4-7,16,19-20,25,31-32H,2-3,8-15H2,1H3,(H,26,27,28). The van der Waals surface area contributed by atoms with E-state index < -0.39 is 0 Å². The molecule has 0 saturated heterocycles. The zero-order valence-corrected chi connectivity index (χ0v) is 18.8. The van der Waals surface area contributed by atoms with Crippen molar-refractivity contribution in [3.8, 4) is 11.3 Å². The summed E-state index contributed by atoms with van der Waals surface area (Å²) in [5.41, 5.74) is 3.93. The predicted octanol–water partition coefficient (Wildman–Crippen LogP) is 3.26. The fraction of sp³-hybridized carbons (Fsp3) is 0.542. The van der Waals surface area contributed by atoms with Gasteiger partial charge in [-0.3, -0.25) is 0 Å². The number of aliphatic hydroxyl groups excluding tert-OH is 2. The SMILES string of the molecule is CCCCNc1ncc2c(-c3ccc(CNCCO)cc3)nn(C3CCC(O)CC3)c2n1. The van der Waals surface area contributed by atoms with Gasteiger partial charge in [-0.15, -0.1) is 0 Å². The minimum Gasteiger partial charge on any atom is -0.395 e. The average molecular weight is 439 g/mol. The van der Waals surface area contributed by atoms with E-state index in [1.54, 1.807) is 0 Å². The van der Waals surface area contributed by atoms with Crippen LogP contribution in [0.2, 0.25) is 0 Å². The van der Waals surface area contributed by atoms with Crippen molar-refractivity contribution in [2.45, 2.75) is 64.1 Å². The van der Waals surface area contributed by atoms with Crippen molar-refractivity contribution in [3.05, 3.63) is 36.0 Å².